The monoisotopic (exact) mass is 238 g/mol. The standard InChI is InChI=1S/C12H18N2O3/c1-12(17,11(15)16)8-13-9-6-4-5-7-10(9)14(2)3/h4-7,13,17H,8H2,1-3H3,(H,15,16). The summed E-state index contributed by atoms with van der Waals surface area (Å²) in [7, 11) is 3.80. The summed E-state index contributed by atoms with van der Waals surface area (Å²) in [5, 5.41) is 21.3. The number of carbonyl (C=O) groups is 1. The van der Waals surface area contributed by atoms with Gasteiger partial charge in [-0.25, -0.2) is 4.79 Å². The Morgan fingerprint density at radius 3 is 2.53 bits per heavy atom. The molecule has 0 amide bonds. The van der Waals surface area contributed by atoms with Gasteiger partial charge in [0, 0.05) is 14.1 Å². The first-order valence-electron chi connectivity index (χ1n) is 5.30. The summed E-state index contributed by atoms with van der Waals surface area (Å²) in [5.74, 6) is -1.24. The van der Waals surface area contributed by atoms with E-state index in [9.17, 15) is 9.90 Å². The SMILES string of the molecule is CN(C)c1ccccc1NCC(C)(O)C(=O)O. The number of nitrogens with zero attached hydrogens (tertiary/aromatic N) is 1. The number of nitrogens with one attached hydrogen (secondary N) is 1. The van der Waals surface area contributed by atoms with Crippen LogP contribution in [0.3, 0.4) is 0 Å². The third-order valence-corrected chi connectivity index (χ3v) is 2.47. The third kappa shape index (κ3) is 3.35. The van der Waals surface area contributed by atoms with Crippen LogP contribution in [0.25, 0.3) is 0 Å². The molecule has 0 fully saturated rings. The average molecular weight is 238 g/mol. The van der Waals surface area contributed by atoms with Crippen LogP contribution in [0.5, 0.6) is 0 Å². The normalized spacial score (nSPS) is 13.9. The van der Waals surface area contributed by atoms with Crippen LogP contribution in [0.2, 0.25) is 0 Å². The molecule has 0 aromatic heterocycles. The molecule has 0 spiro atoms. The van der Waals surface area contributed by atoms with E-state index in [-0.39, 0.29) is 6.54 Å². The first-order valence-corrected chi connectivity index (χ1v) is 5.30. The number of hydrogen-bond acceptors (Lipinski definition) is 4. The van der Waals surface area contributed by atoms with Gasteiger partial charge in [0.25, 0.3) is 0 Å². The van der Waals surface area contributed by atoms with Gasteiger partial charge in [-0.2, -0.15) is 0 Å². The van der Waals surface area contributed by atoms with Crippen LogP contribution in [0.4, 0.5) is 11.4 Å². The molecule has 1 aromatic rings. The molecule has 5 heteroatoms. The second-order valence-electron chi connectivity index (χ2n) is 4.34. The van der Waals surface area contributed by atoms with E-state index in [1.54, 1.807) is 0 Å². The van der Waals surface area contributed by atoms with Crippen LogP contribution in [0, 0.1) is 0 Å². The van der Waals surface area contributed by atoms with E-state index < -0.39 is 11.6 Å². The highest BCUT2D eigenvalue weighted by Crippen LogP contribution is 2.23. The second kappa shape index (κ2) is 5.05. The average Bonchev–Trinajstić information content (AvgIpc) is 2.26. The molecule has 3 N–H and O–H groups in total. The summed E-state index contributed by atoms with van der Waals surface area (Å²) >= 11 is 0. The lowest BCUT2D eigenvalue weighted by Gasteiger charge is -2.22. The van der Waals surface area contributed by atoms with Gasteiger partial charge < -0.3 is 20.4 Å². The van der Waals surface area contributed by atoms with Crippen molar-refractivity contribution in [3.05, 3.63) is 24.3 Å². The van der Waals surface area contributed by atoms with E-state index in [1.165, 1.54) is 6.92 Å². The molecule has 0 saturated heterocycles. The Morgan fingerprint density at radius 2 is 2.00 bits per heavy atom. The first-order chi connectivity index (χ1) is 7.84. The minimum Gasteiger partial charge on any atom is -0.479 e. The summed E-state index contributed by atoms with van der Waals surface area (Å²) in [4.78, 5) is 12.7. The Kier molecular flexibility index (Phi) is 3.96. The molecule has 1 unspecified atom stereocenters. The quantitative estimate of drug-likeness (QED) is 0.713. The highest BCUT2D eigenvalue weighted by Gasteiger charge is 2.29. The molecule has 5 nitrogen and oxygen atoms in total. The van der Waals surface area contributed by atoms with Gasteiger partial charge in [-0.1, -0.05) is 12.1 Å². The Hall–Kier alpha value is -1.75. The van der Waals surface area contributed by atoms with E-state index >= 15 is 0 Å². The zero-order valence-electron chi connectivity index (χ0n) is 10.3. The van der Waals surface area contributed by atoms with Crippen LogP contribution in [-0.2, 0) is 4.79 Å². The van der Waals surface area contributed by atoms with Gasteiger partial charge in [0.05, 0.1) is 17.9 Å². The Labute approximate surface area is 101 Å². The highest BCUT2D eigenvalue weighted by atomic mass is 16.4. The smallest absolute Gasteiger partial charge is 0.337 e. The molecule has 1 aromatic carbocycles. The number of anilines is 2. The van der Waals surface area contributed by atoms with Crippen LogP contribution in [0.15, 0.2) is 24.3 Å². The minimum atomic E-state index is -1.78. The Balaban J connectivity index is 2.79. The summed E-state index contributed by atoms with van der Waals surface area (Å²) in [6.07, 6.45) is 0. The number of carboxylic acids is 1. The lowest BCUT2D eigenvalue weighted by Crippen LogP contribution is -2.41. The predicted molar refractivity (Wildman–Crippen MR) is 67.5 cm³/mol. The summed E-state index contributed by atoms with van der Waals surface area (Å²) < 4.78 is 0. The molecule has 0 bridgehead atoms. The summed E-state index contributed by atoms with van der Waals surface area (Å²) in [5.41, 5.74) is -0.0490. The number of rotatable bonds is 5. The van der Waals surface area contributed by atoms with Crippen molar-refractivity contribution in [1.82, 2.24) is 0 Å². The van der Waals surface area contributed by atoms with Gasteiger partial charge in [-0.15, -0.1) is 0 Å². The molecule has 17 heavy (non-hydrogen) atoms. The van der Waals surface area contributed by atoms with Gasteiger partial charge in [-0.3, -0.25) is 0 Å². The maximum absolute atomic E-state index is 10.8. The number of aliphatic carboxylic acids is 1. The van der Waals surface area contributed by atoms with E-state index in [0.29, 0.717) is 0 Å². The van der Waals surface area contributed by atoms with Crippen molar-refractivity contribution in [1.29, 1.82) is 0 Å². The van der Waals surface area contributed by atoms with Gasteiger partial charge in [0.15, 0.2) is 5.60 Å². The fourth-order valence-electron chi connectivity index (χ4n) is 1.36. The van der Waals surface area contributed by atoms with Crippen molar-refractivity contribution in [2.45, 2.75) is 12.5 Å². The number of para-hydroxylation sites is 2. The third-order valence-electron chi connectivity index (χ3n) is 2.47. The van der Waals surface area contributed by atoms with E-state index in [1.807, 2.05) is 43.3 Å². The fourth-order valence-corrected chi connectivity index (χ4v) is 1.36. The largest absolute Gasteiger partial charge is 0.479 e. The van der Waals surface area contributed by atoms with Gasteiger partial charge in [0.2, 0.25) is 0 Å². The number of aliphatic hydroxyl groups is 1. The summed E-state index contributed by atoms with van der Waals surface area (Å²) in [6, 6.07) is 7.51. The lowest BCUT2D eigenvalue weighted by molar-refractivity contribution is -0.155. The van der Waals surface area contributed by atoms with Gasteiger partial charge >= 0.3 is 5.97 Å². The van der Waals surface area contributed by atoms with Gasteiger partial charge in [-0.05, 0) is 19.1 Å². The first kappa shape index (κ1) is 13.3. The lowest BCUT2D eigenvalue weighted by atomic mass is 10.1. The molecule has 0 aliphatic carbocycles. The van der Waals surface area contributed by atoms with Crippen molar-refractivity contribution in [2.24, 2.45) is 0 Å². The predicted octanol–water partition coefficient (Wildman–Crippen LogP) is 1.00. The topological polar surface area (TPSA) is 72.8 Å². The molecular weight excluding hydrogens is 220 g/mol. The maximum Gasteiger partial charge on any atom is 0.337 e. The molecular formula is C12H18N2O3. The van der Waals surface area contributed by atoms with E-state index in [4.69, 9.17) is 5.11 Å². The van der Waals surface area contributed by atoms with Crippen molar-refractivity contribution in [2.75, 3.05) is 30.9 Å². The zero-order valence-corrected chi connectivity index (χ0v) is 10.3. The molecule has 0 aliphatic rings. The van der Waals surface area contributed by atoms with Crippen LogP contribution < -0.4 is 10.2 Å². The Bertz CT molecular complexity index is 402. The number of carboxylic acid groups (broad SMARTS) is 1. The summed E-state index contributed by atoms with van der Waals surface area (Å²) in [6.45, 7) is 1.22. The van der Waals surface area contributed by atoms with Crippen LogP contribution in [-0.4, -0.2) is 42.4 Å². The minimum absolute atomic E-state index is 0.0484. The van der Waals surface area contributed by atoms with Crippen molar-refractivity contribution in [3.63, 3.8) is 0 Å². The Morgan fingerprint density at radius 1 is 1.41 bits per heavy atom. The molecule has 1 rings (SSSR count). The van der Waals surface area contributed by atoms with Crippen molar-refractivity contribution >= 4 is 17.3 Å². The van der Waals surface area contributed by atoms with Gasteiger partial charge in [0.1, 0.15) is 0 Å². The molecule has 94 valence electrons. The molecule has 0 heterocycles. The van der Waals surface area contributed by atoms with Crippen LogP contribution in [0.1, 0.15) is 6.92 Å². The van der Waals surface area contributed by atoms with Crippen LogP contribution >= 0.6 is 0 Å². The zero-order chi connectivity index (χ0) is 13.1. The molecule has 0 saturated carbocycles. The maximum atomic E-state index is 10.8. The molecule has 1 atom stereocenters. The number of benzene rings is 1. The van der Waals surface area contributed by atoms with E-state index in [2.05, 4.69) is 5.32 Å². The highest BCUT2D eigenvalue weighted by molar-refractivity contribution is 5.78. The molecule has 0 radical (unpaired) electrons. The van der Waals surface area contributed by atoms with E-state index in [0.717, 1.165) is 11.4 Å². The van der Waals surface area contributed by atoms with Crippen molar-refractivity contribution < 1.29 is 15.0 Å². The molecule has 0 aliphatic heterocycles. The second-order valence-corrected chi connectivity index (χ2v) is 4.34. The number of hydrogen-bond donors (Lipinski definition) is 3. The fraction of sp³-hybridized carbons (Fsp3) is 0.417. The van der Waals surface area contributed by atoms with Crippen molar-refractivity contribution in [3.8, 4) is 0 Å².